The van der Waals surface area contributed by atoms with E-state index in [0.29, 0.717) is 6.54 Å². The van der Waals surface area contributed by atoms with Crippen molar-refractivity contribution in [2.24, 2.45) is 0 Å². The van der Waals surface area contributed by atoms with Crippen LogP contribution in [0.1, 0.15) is 13.3 Å². The van der Waals surface area contributed by atoms with Gasteiger partial charge in [0.25, 0.3) is 0 Å². The van der Waals surface area contributed by atoms with Crippen LogP contribution in [0.2, 0.25) is 0 Å². The van der Waals surface area contributed by atoms with Gasteiger partial charge in [-0.05, 0) is 13.0 Å². The lowest BCUT2D eigenvalue weighted by molar-refractivity contribution is 0.144. The Balaban J connectivity index is 2.16. The van der Waals surface area contributed by atoms with Gasteiger partial charge < -0.3 is 4.90 Å². The van der Waals surface area contributed by atoms with E-state index in [1.165, 1.54) is 13.0 Å². The van der Waals surface area contributed by atoms with Gasteiger partial charge in [0.2, 0.25) is 0 Å². The van der Waals surface area contributed by atoms with Crippen LogP contribution in [-0.2, 0) is 0 Å². The minimum atomic E-state index is 0.597. The zero-order chi connectivity index (χ0) is 8.81. The molecule has 68 valence electrons. The zero-order valence-electron chi connectivity index (χ0n) is 7.79. The summed E-state index contributed by atoms with van der Waals surface area (Å²) in [5.41, 5.74) is 0. The van der Waals surface area contributed by atoms with Gasteiger partial charge in [-0.2, -0.15) is 5.26 Å². The van der Waals surface area contributed by atoms with Crippen molar-refractivity contribution in [3.05, 3.63) is 0 Å². The van der Waals surface area contributed by atoms with Gasteiger partial charge >= 0.3 is 0 Å². The molecule has 0 aromatic rings. The summed E-state index contributed by atoms with van der Waals surface area (Å²) in [5, 5.41) is 8.48. The Kier molecular flexibility index (Phi) is 4.06. The Hall–Kier alpha value is -0.590. The van der Waals surface area contributed by atoms with Crippen molar-refractivity contribution >= 4 is 0 Å². The quantitative estimate of drug-likeness (QED) is 0.575. The molecule has 0 bridgehead atoms. The Morgan fingerprint density at radius 1 is 1.17 bits per heavy atom. The predicted octanol–water partition coefficient (Wildman–Crippen LogP) is 0.538. The Morgan fingerprint density at radius 3 is 2.25 bits per heavy atom. The molecule has 1 heterocycles. The molecule has 1 rings (SSSR count). The molecule has 0 radical (unpaired) electrons. The van der Waals surface area contributed by atoms with E-state index in [1.54, 1.807) is 0 Å². The monoisotopic (exact) mass is 167 g/mol. The first kappa shape index (κ1) is 9.50. The van der Waals surface area contributed by atoms with Crippen LogP contribution < -0.4 is 0 Å². The number of nitrogens with zero attached hydrogens (tertiary/aromatic N) is 3. The van der Waals surface area contributed by atoms with Crippen LogP contribution in [0.4, 0.5) is 0 Å². The Bertz CT molecular complexity index is 154. The van der Waals surface area contributed by atoms with Gasteiger partial charge in [0.1, 0.15) is 0 Å². The van der Waals surface area contributed by atoms with Gasteiger partial charge in [-0.15, -0.1) is 0 Å². The number of hydrogen-bond acceptors (Lipinski definition) is 3. The third-order valence-electron chi connectivity index (χ3n) is 2.30. The van der Waals surface area contributed by atoms with Crippen molar-refractivity contribution in [2.45, 2.75) is 13.3 Å². The second kappa shape index (κ2) is 5.13. The summed E-state index contributed by atoms with van der Waals surface area (Å²) in [7, 11) is 0. The normalized spacial score (nSPS) is 20.7. The molecule has 3 heteroatoms. The molecule has 0 aromatic heterocycles. The van der Waals surface area contributed by atoms with E-state index in [1.807, 2.05) is 0 Å². The highest BCUT2D eigenvalue weighted by atomic mass is 15.3. The second-order valence-corrected chi connectivity index (χ2v) is 3.28. The molecule has 1 fully saturated rings. The van der Waals surface area contributed by atoms with Crippen molar-refractivity contribution in [3.63, 3.8) is 0 Å². The molecule has 1 saturated heterocycles. The summed E-state index contributed by atoms with van der Waals surface area (Å²) in [5.74, 6) is 0. The highest BCUT2D eigenvalue weighted by Gasteiger charge is 2.14. The maximum atomic E-state index is 8.48. The summed E-state index contributed by atoms with van der Waals surface area (Å²) in [6.45, 7) is 8.41. The molecule has 1 aliphatic rings. The van der Waals surface area contributed by atoms with Crippen molar-refractivity contribution in [1.82, 2.24) is 9.80 Å². The van der Waals surface area contributed by atoms with E-state index in [9.17, 15) is 0 Å². The molecular formula is C9H17N3. The van der Waals surface area contributed by atoms with E-state index in [0.717, 1.165) is 26.2 Å². The number of piperazine rings is 1. The lowest BCUT2D eigenvalue weighted by atomic mass is 10.3. The molecule has 0 atom stereocenters. The number of nitriles is 1. The smallest absolute Gasteiger partial charge is 0.0866 e. The molecule has 0 amide bonds. The summed E-state index contributed by atoms with van der Waals surface area (Å²) in [4.78, 5) is 4.68. The van der Waals surface area contributed by atoms with Gasteiger partial charge in [-0.3, -0.25) is 4.90 Å². The average molecular weight is 167 g/mol. The first-order valence-corrected chi connectivity index (χ1v) is 4.68. The third-order valence-corrected chi connectivity index (χ3v) is 2.30. The van der Waals surface area contributed by atoms with Crippen LogP contribution in [-0.4, -0.2) is 49.1 Å². The summed E-state index contributed by atoms with van der Waals surface area (Å²) >= 11 is 0. The van der Waals surface area contributed by atoms with Gasteiger partial charge in [0.15, 0.2) is 0 Å². The predicted molar refractivity (Wildman–Crippen MR) is 48.8 cm³/mol. The SMILES string of the molecule is CCCN1CCN(CC#N)CC1. The molecule has 0 spiro atoms. The lowest BCUT2D eigenvalue weighted by Gasteiger charge is -2.32. The van der Waals surface area contributed by atoms with Crippen molar-refractivity contribution in [3.8, 4) is 6.07 Å². The van der Waals surface area contributed by atoms with Crippen LogP contribution in [0.25, 0.3) is 0 Å². The van der Waals surface area contributed by atoms with Crippen molar-refractivity contribution in [2.75, 3.05) is 39.3 Å². The molecule has 0 unspecified atom stereocenters. The molecular weight excluding hydrogens is 150 g/mol. The molecule has 0 aromatic carbocycles. The standard InChI is InChI=1S/C9H17N3/c1-2-4-11-6-8-12(5-3-10)9-7-11/h2,4-9H2,1H3. The van der Waals surface area contributed by atoms with E-state index in [-0.39, 0.29) is 0 Å². The molecule has 1 aliphatic heterocycles. The fourth-order valence-electron chi connectivity index (χ4n) is 1.59. The maximum absolute atomic E-state index is 8.48. The zero-order valence-corrected chi connectivity index (χ0v) is 7.79. The van der Waals surface area contributed by atoms with Crippen LogP contribution in [0, 0.1) is 11.3 Å². The van der Waals surface area contributed by atoms with Gasteiger partial charge in [-0.1, -0.05) is 6.92 Å². The topological polar surface area (TPSA) is 30.3 Å². The van der Waals surface area contributed by atoms with Gasteiger partial charge in [0.05, 0.1) is 12.6 Å². The average Bonchev–Trinajstić information content (AvgIpc) is 2.09. The van der Waals surface area contributed by atoms with Gasteiger partial charge in [-0.25, -0.2) is 0 Å². The Labute approximate surface area is 74.6 Å². The number of hydrogen-bond donors (Lipinski definition) is 0. The van der Waals surface area contributed by atoms with Crippen LogP contribution in [0.3, 0.4) is 0 Å². The van der Waals surface area contributed by atoms with E-state index in [4.69, 9.17) is 5.26 Å². The first-order chi connectivity index (χ1) is 5.86. The molecule has 0 saturated carbocycles. The highest BCUT2D eigenvalue weighted by molar-refractivity contribution is 4.80. The first-order valence-electron chi connectivity index (χ1n) is 4.68. The lowest BCUT2D eigenvalue weighted by Crippen LogP contribution is -2.46. The molecule has 12 heavy (non-hydrogen) atoms. The summed E-state index contributed by atoms with van der Waals surface area (Å²) in [6, 6.07) is 2.19. The Morgan fingerprint density at radius 2 is 1.75 bits per heavy atom. The van der Waals surface area contributed by atoms with Crippen LogP contribution >= 0.6 is 0 Å². The molecule has 0 N–H and O–H groups in total. The maximum Gasteiger partial charge on any atom is 0.0866 e. The van der Waals surface area contributed by atoms with Crippen molar-refractivity contribution < 1.29 is 0 Å². The van der Waals surface area contributed by atoms with E-state index in [2.05, 4.69) is 22.8 Å². The fourth-order valence-corrected chi connectivity index (χ4v) is 1.59. The van der Waals surface area contributed by atoms with Crippen LogP contribution in [0.5, 0.6) is 0 Å². The fraction of sp³-hybridized carbons (Fsp3) is 0.889. The minimum absolute atomic E-state index is 0.597. The number of rotatable bonds is 3. The highest BCUT2D eigenvalue weighted by Crippen LogP contribution is 2.00. The van der Waals surface area contributed by atoms with Crippen LogP contribution in [0.15, 0.2) is 0 Å². The largest absolute Gasteiger partial charge is 0.301 e. The van der Waals surface area contributed by atoms with Gasteiger partial charge in [0, 0.05) is 26.2 Å². The second-order valence-electron chi connectivity index (χ2n) is 3.28. The minimum Gasteiger partial charge on any atom is -0.301 e. The summed E-state index contributed by atoms with van der Waals surface area (Å²) < 4.78 is 0. The van der Waals surface area contributed by atoms with Crippen molar-refractivity contribution in [1.29, 1.82) is 5.26 Å². The molecule has 0 aliphatic carbocycles. The third kappa shape index (κ3) is 2.80. The van der Waals surface area contributed by atoms with E-state index >= 15 is 0 Å². The summed E-state index contributed by atoms with van der Waals surface area (Å²) in [6.07, 6.45) is 1.23. The van der Waals surface area contributed by atoms with E-state index < -0.39 is 0 Å². The molecule has 3 nitrogen and oxygen atoms in total.